The van der Waals surface area contributed by atoms with E-state index in [1.54, 1.807) is 33.5 Å². The van der Waals surface area contributed by atoms with Crippen molar-refractivity contribution in [2.45, 2.75) is 0 Å². The quantitative estimate of drug-likeness (QED) is 0.0909. The van der Waals surface area contributed by atoms with Crippen LogP contribution in [0.5, 0.6) is 34.5 Å². The molecule has 0 amide bonds. The van der Waals surface area contributed by atoms with Gasteiger partial charge in [-0.1, -0.05) is 151 Å². The predicted octanol–water partition coefficient (Wildman–Crippen LogP) is 12.1. The number of nitrogens with zero attached hydrogens (tertiary/aromatic N) is 4. The number of hydrogen-bond acceptors (Lipinski definition) is 4. The van der Waals surface area contributed by atoms with Gasteiger partial charge in [-0.25, -0.2) is 4.98 Å². The van der Waals surface area contributed by atoms with E-state index < -0.39 is 60.4 Å². The van der Waals surface area contributed by atoms with Crippen LogP contribution >= 0.6 is 0 Å². The first-order valence-electron chi connectivity index (χ1n) is 27.0. The molecule has 0 saturated heterocycles. The minimum absolute atomic E-state index is 0.106. The molecule has 3 aromatic heterocycles. The monoisotopic (exact) mass is 882 g/mol. The van der Waals surface area contributed by atoms with Gasteiger partial charge >= 0.3 is 0 Å². The first kappa shape index (κ1) is 29.4. The van der Waals surface area contributed by atoms with Crippen LogP contribution in [-0.4, -0.2) is 20.8 Å². The highest BCUT2D eigenvalue weighted by molar-refractivity contribution is 6.98. The summed E-state index contributed by atoms with van der Waals surface area (Å²) in [7, 11) is 0. The van der Waals surface area contributed by atoms with E-state index in [9.17, 15) is 0 Å². The molecular weight excluding hydrogens is 835 g/mol. The van der Waals surface area contributed by atoms with E-state index in [0.29, 0.717) is 39.6 Å². The van der Waals surface area contributed by atoms with Gasteiger partial charge in [-0.15, -0.1) is 0 Å². The first-order valence-corrected chi connectivity index (χ1v) is 22.0. The fourth-order valence-electron chi connectivity index (χ4n) is 9.90. The summed E-state index contributed by atoms with van der Waals surface area (Å²) in [5, 5.41) is 1.81. The van der Waals surface area contributed by atoms with Crippen molar-refractivity contribution in [3.05, 3.63) is 231 Å². The van der Waals surface area contributed by atoms with Crippen LogP contribution in [-0.2, 0) is 0 Å². The number of para-hydroxylation sites is 5. The van der Waals surface area contributed by atoms with E-state index in [1.165, 1.54) is 0 Å². The summed E-state index contributed by atoms with van der Waals surface area (Å²) >= 11 is 0. The van der Waals surface area contributed by atoms with Crippen LogP contribution < -0.4 is 35.2 Å². The first-order chi connectivity index (χ1) is 37.9. The van der Waals surface area contributed by atoms with Gasteiger partial charge in [0.15, 0.2) is 0 Å². The van der Waals surface area contributed by atoms with E-state index in [4.69, 9.17) is 32.9 Å². The number of benzene rings is 9. The van der Waals surface area contributed by atoms with Gasteiger partial charge < -0.3 is 14.2 Å². The molecular formula is C60H37BN4O3. The molecule has 0 unspecified atom stereocenters. The number of pyridine rings is 1. The number of ether oxygens (including phenoxy) is 3. The highest BCUT2D eigenvalue weighted by Gasteiger charge is 2.41. The van der Waals surface area contributed by atoms with Crippen molar-refractivity contribution < 1.29 is 32.5 Å². The van der Waals surface area contributed by atoms with Gasteiger partial charge in [-0.05, 0) is 87.8 Å². The molecule has 2 aliphatic rings. The van der Waals surface area contributed by atoms with Crippen LogP contribution in [0.4, 0.5) is 0 Å². The van der Waals surface area contributed by atoms with Crippen molar-refractivity contribution in [1.29, 1.82) is 0 Å². The number of imidazole rings is 1. The van der Waals surface area contributed by atoms with Crippen molar-refractivity contribution in [2.75, 3.05) is 0 Å². The minimum Gasteiger partial charge on any atom is -0.458 e. The standard InChI is InChI=1S/C60H37BN4O3/c1-3-17-39(18-4-1)45-25-15-26-46(40-19-5-2-6-20-40)58(45)64-38-63(50-30-9-10-31-51(50)64)41-21-13-23-43(35-41)66-44-24-14-22-42(36-44)65-52-37-55-57-59(56(52)47-27-16-34-62-60(47)65)68-54-33-12-8-29-49(54)61(57)48-28-7-11-32-53(48)67-55/h1-37H/i1D,2D,3D,4D,5D,6D,17D,18D,19D,20D. The lowest BCUT2D eigenvalue weighted by molar-refractivity contribution is -0.571. The molecule has 5 heterocycles. The number of hydrogen-bond donors (Lipinski definition) is 0. The largest absolute Gasteiger partial charge is 0.458 e. The van der Waals surface area contributed by atoms with E-state index in [-0.39, 0.29) is 34.7 Å². The molecule has 9 aromatic carbocycles. The Morgan fingerprint density at radius 3 is 1.94 bits per heavy atom. The van der Waals surface area contributed by atoms with Crippen molar-refractivity contribution in [2.24, 2.45) is 0 Å². The van der Waals surface area contributed by atoms with E-state index in [2.05, 4.69) is 35.2 Å². The van der Waals surface area contributed by atoms with Crippen molar-refractivity contribution >= 4 is 56.1 Å². The van der Waals surface area contributed by atoms with E-state index in [0.717, 1.165) is 55.6 Å². The number of aromatic nitrogens is 4. The molecule has 0 fully saturated rings. The molecule has 0 spiro atoms. The van der Waals surface area contributed by atoms with Gasteiger partial charge in [0.05, 0.1) is 52.7 Å². The fourth-order valence-corrected chi connectivity index (χ4v) is 9.90. The topological polar surface area (TPSA) is 54.3 Å². The second-order valence-electron chi connectivity index (χ2n) is 16.5. The van der Waals surface area contributed by atoms with Gasteiger partial charge in [-0.2, -0.15) is 0 Å². The molecule has 0 aliphatic carbocycles. The molecule has 0 bridgehead atoms. The normalized spacial score (nSPS) is 14.4. The number of fused-ring (bicyclic) bond motifs is 9. The summed E-state index contributed by atoms with van der Waals surface area (Å²) in [5.41, 5.74) is 7.39. The molecule has 2 aliphatic heterocycles. The predicted molar refractivity (Wildman–Crippen MR) is 271 cm³/mol. The summed E-state index contributed by atoms with van der Waals surface area (Å²) in [6, 6.07) is 44.3. The number of rotatable bonds is 7. The Balaban J connectivity index is 0.899. The van der Waals surface area contributed by atoms with Crippen LogP contribution in [0.25, 0.3) is 72.3 Å². The van der Waals surface area contributed by atoms with Crippen molar-refractivity contribution in [3.8, 4) is 73.8 Å². The lowest BCUT2D eigenvalue weighted by Crippen LogP contribution is -2.57. The van der Waals surface area contributed by atoms with Gasteiger partial charge in [0.25, 0.3) is 13.0 Å². The molecule has 14 rings (SSSR count). The molecule has 68 heavy (non-hydrogen) atoms. The lowest BCUT2D eigenvalue weighted by Gasteiger charge is -2.33. The second-order valence-corrected chi connectivity index (χ2v) is 16.5. The maximum Gasteiger partial charge on any atom is 0.269 e. The zero-order chi connectivity index (χ0) is 53.4. The Kier molecular flexibility index (Phi) is 6.58. The minimum atomic E-state index is -0.574. The van der Waals surface area contributed by atoms with Crippen LogP contribution in [0.1, 0.15) is 13.7 Å². The van der Waals surface area contributed by atoms with Crippen LogP contribution in [0.15, 0.2) is 224 Å². The molecule has 0 atom stereocenters. The highest BCUT2D eigenvalue weighted by Crippen LogP contribution is 2.45. The average Bonchev–Trinajstić information content (AvgIpc) is 4.12. The van der Waals surface area contributed by atoms with Crippen LogP contribution in [0.3, 0.4) is 0 Å². The van der Waals surface area contributed by atoms with Gasteiger partial charge in [0, 0.05) is 29.2 Å². The highest BCUT2D eigenvalue weighted by atomic mass is 16.5. The lowest BCUT2D eigenvalue weighted by atomic mass is 9.35. The maximum atomic E-state index is 9.05. The van der Waals surface area contributed by atoms with Crippen molar-refractivity contribution in [1.82, 2.24) is 14.1 Å². The van der Waals surface area contributed by atoms with E-state index in [1.807, 2.05) is 115 Å². The summed E-state index contributed by atoms with van der Waals surface area (Å²) in [4.78, 5) is 4.94. The molecule has 0 saturated carbocycles. The summed E-state index contributed by atoms with van der Waals surface area (Å²) in [6.45, 7) is -0.106. The SMILES string of the molecule is [2H]c1c([2H])c([2H])c(-c2cccc(-c3c([2H])c([2H])c([2H])c([2H])c3[2H])c2-[n+]2[c-]n(-c3cccc(Oc4cccc(-n5c6cc7c8c(c6c6cccnc65)Oc5ccccc5B8c5ccccc5O7)c4)c3)c3ccccc32)c([2H])c1[2H]. The van der Waals surface area contributed by atoms with E-state index >= 15 is 0 Å². The Labute approximate surface area is 406 Å². The summed E-state index contributed by atoms with van der Waals surface area (Å²) < 4.78 is 113. The van der Waals surface area contributed by atoms with Gasteiger partial charge in [-0.3, -0.25) is 13.7 Å². The van der Waals surface area contributed by atoms with Crippen LogP contribution in [0.2, 0.25) is 0 Å². The molecule has 0 N–H and O–H groups in total. The average molecular weight is 883 g/mol. The van der Waals surface area contributed by atoms with Gasteiger partial charge in [0.2, 0.25) is 0 Å². The summed E-state index contributed by atoms with van der Waals surface area (Å²) in [5.74, 6) is 3.99. The molecule has 0 radical (unpaired) electrons. The Morgan fingerprint density at radius 2 is 1.21 bits per heavy atom. The second kappa shape index (κ2) is 15.2. The third-order valence-electron chi connectivity index (χ3n) is 12.7. The zero-order valence-electron chi connectivity index (χ0n) is 45.7. The Hall–Kier alpha value is -9.14. The third kappa shape index (κ3) is 5.94. The third-order valence-corrected chi connectivity index (χ3v) is 12.7. The smallest absolute Gasteiger partial charge is 0.269 e. The Bertz CT molecular complexity index is 4440. The maximum absolute atomic E-state index is 9.05. The Morgan fingerprint density at radius 1 is 0.574 bits per heavy atom. The fraction of sp³-hybridized carbons (Fsp3) is 0. The van der Waals surface area contributed by atoms with Crippen LogP contribution in [0, 0.1) is 6.33 Å². The van der Waals surface area contributed by atoms with Crippen molar-refractivity contribution in [3.63, 3.8) is 0 Å². The summed E-state index contributed by atoms with van der Waals surface area (Å²) in [6.07, 6.45) is 5.22. The zero-order valence-corrected chi connectivity index (χ0v) is 35.7. The van der Waals surface area contributed by atoms with Gasteiger partial charge in [0.1, 0.15) is 40.1 Å². The molecule has 318 valence electrons. The molecule has 7 nitrogen and oxygen atoms in total. The molecule has 8 heteroatoms. The molecule has 12 aromatic rings.